The van der Waals surface area contributed by atoms with Crippen molar-refractivity contribution in [2.75, 3.05) is 13.2 Å². The minimum atomic E-state index is -1.54. The van der Waals surface area contributed by atoms with Crippen LogP contribution in [0.1, 0.15) is 13.8 Å². The SMILES string of the molecule is CCOC(=O)C(N=[N+]=[N-])C(=O)OCC. The Bertz CT molecular complexity index is 242. The largest absolute Gasteiger partial charge is 0.465 e. The molecule has 0 aliphatic carbocycles. The Kier molecular flexibility index (Phi) is 5.89. The number of hydrogen-bond acceptors (Lipinski definition) is 5. The fourth-order valence-electron chi connectivity index (χ4n) is 0.685. The Hall–Kier alpha value is -1.75. The van der Waals surface area contributed by atoms with Crippen LogP contribution in [0.2, 0.25) is 0 Å². The number of nitrogens with zero attached hydrogens (tertiary/aromatic N) is 3. The zero-order valence-electron chi connectivity index (χ0n) is 7.97. The number of esters is 2. The third kappa shape index (κ3) is 3.77. The van der Waals surface area contributed by atoms with Crippen molar-refractivity contribution in [3.63, 3.8) is 0 Å². The van der Waals surface area contributed by atoms with Crippen LogP contribution in [0.3, 0.4) is 0 Å². The van der Waals surface area contributed by atoms with Crippen LogP contribution < -0.4 is 0 Å². The van der Waals surface area contributed by atoms with E-state index in [0.29, 0.717) is 0 Å². The highest BCUT2D eigenvalue weighted by molar-refractivity contribution is 5.99. The van der Waals surface area contributed by atoms with Crippen molar-refractivity contribution in [1.82, 2.24) is 0 Å². The van der Waals surface area contributed by atoms with E-state index >= 15 is 0 Å². The van der Waals surface area contributed by atoms with Crippen LogP contribution >= 0.6 is 0 Å². The minimum absolute atomic E-state index is 0.107. The first-order valence-corrected chi connectivity index (χ1v) is 4.04. The van der Waals surface area contributed by atoms with Gasteiger partial charge in [-0.25, -0.2) is 0 Å². The Morgan fingerprint density at radius 3 is 2.00 bits per heavy atom. The van der Waals surface area contributed by atoms with Crippen LogP contribution in [-0.4, -0.2) is 31.2 Å². The summed E-state index contributed by atoms with van der Waals surface area (Å²) in [6, 6.07) is -1.54. The lowest BCUT2D eigenvalue weighted by atomic mass is 10.3. The molecule has 78 valence electrons. The van der Waals surface area contributed by atoms with Gasteiger partial charge in [-0.2, -0.15) is 0 Å². The van der Waals surface area contributed by atoms with Gasteiger partial charge < -0.3 is 9.47 Å². The standard InChI is InChI=1S/C7H11N3O4/c1-3-13-6(11)5(9-10-8)7(12)14-4-2/h5H,3-4H2,1-2H3. The number of ether oxygens (including phenoxy) is 2. The van der Waals surface area contributed by atoms with Crippen molar-refractivity contribution in [2.45, 2.75) is 19.9 Å². The molecule has 7 nitrogen and oxygen atoms in total. The quantitative estimate of drug-likeness (QED) is 0.216. The van der Waals surface area contributed by atoms with Crippen molar-refractivity contribution in [3.05, 3.63) is 10.4 Å². The Morgan fingerprint density at radius 1 is 1.29 bits per heavy atom. The molecule has 0 aliphatic rings. The monoisotopic (exact) mass is 201 g/mol. The van der Waals surface area contributed by atoms with Gasteiger partial charge in [0.2, 0.25) is 6.04 Å². The minimum Gasteiger partial charge on any atom is -0.465 e. The third-order valence-corrected chi connectivity index (χ3v) is 1.19. The Labute approximate surface area is 80.6 Å². The molecule has 0 N–H and O–H groups in total. The summed E-state index contributed by atoms with van der Waals surface area (Å²) in [5.41, 5.74) is 8.11. The van der Waals surface area contributed by atoms with Crippen molar-refractivity contribution in [3.8, 4) is 0 Å². The van der Waals surface area contributed by atoms with E-state index in [1.165, 1.54) is 0 Å². The maximum absolute atomic E-state index is 11.1. The summed E-state index contributed by atoms with van der Waals surface area (Å²) in [5, 5.41) is 2.99. The highest BCUT2D eigenvalue weighted by Gasteiger charge is 2.27. The predicted molar refractivity (Wildman–Crippen MR) is 46.2 cm³/mol. The first kappa shape index (κ1) is 12.2. The highest BCUT2D eigenvalue weighted by atomic mass is 16.6. The van der Waals surface area contributed by atoms with Gasteiger partial charge in [0.1, 0.15) is 0 Å². The van der Waals surface area contributed by atoms with E-state index in [1.807, 2.05) is 0 Å². The molecule has 0 atom stereocenters. The highest BCUT2D eigenvalue weighted by Crippen LogP contribution is 1.99. The molecule has 14 heavy (non-hydrogen) atoms. The van der Waals surface area contributed by atoms with E-state index in [0.717, 1.165) is 0 Å². The summed E-state index contributed by atoms with van der Waals surface area (Å²) in [6.45, 7) is 3.37. The molecule has 0 spiro atoms. The van der Waals surface area contributed by atoms with Gasteiger partial charge in [0.15, 0.2) is 0 Å². The molecule has 0 aromatic carbocycles. The zero-order valence-corrected chi connectivity index (χ0v) is 7.97. The molecule has 0 aliphatic heterocycles. The van der Waals surface area contributed by atoms with Crippen molar-refractivity contribution >= 4 is 11.9 Å². The second-order valence-corrected chi connectivity index (χ2v) is 2.11. The molecule has 0 heterocycles. The van der Waals surface area contributed by atoms with Gasteiger partial charge in [-0.1, -0.05) is 5.11 Å². The molecule has 0 fully saturated rings. The molecule has 0 unspecified atom stereocenters. The van der Waals surface area contributed by atoms with Gasteiger partial charge in [-0.15, -0.1) is 0 Å². The molecule has 0 rings (SSSR count). The third-order valence-electron chi connectivity index (χ3n) is 1.19. The lowest BCUT2D eigenvalue weighted by Gasteiger charge is -2.08. The maximum atomic E-state index is 11.1. The first-order valence-electron chi connectivity index (χ1n) is 4.04. The average Bonchev–Trinajstić information content (AvgIpc) is 2.14. The molecule has 0 amide bonds. The van der Waals surface area contributed by atoms with Crippen LogP contribution in [0, 0.1) is 0 Å². The van der Waals surface area contributed by atoms with E-state index in [1.54, 1.807) is 13.8 Å². The van der Waals surface area contributed by atoms with Gasteiger partial charge in [-0.3, -0.25) is 9.59 Å². The molecule has 7 heteroatoms. The van der Waals surface area contributed by atoms with Gasteiger partial charge >= 0.3 is 11.9 Å². The Balaban J connectivity index is 4.49. The van der Waals surface area contributed by atoms with Crippen molar-refractivity contribution < 1.29 is 19.1 Å². The van der Waals surface area contributed by atoms with E-state index in [9.17, 15) is 9.59 Å². The van der Waals surface area contributed by atoms with Crippen molar-refractivity contribution in [2.24, 2.45) is 5.11 Å². The molecular formula is C7H11N3O4. The number of azide groups is 1. The molecule has 0 saturated heterocycles. The molecule has 0 saturated carbocycles. The number of carbonyl (C=O) groups is 2. The zero-order chi connectivity index (χ0) is 11.0. The van der Waals surface area contributed by atoms with E-state index in [2.05, 4.69) is 19.5 Å². The summed E-state index contributed by atoms with van der Waals surface area (Å²) in [6.07, 6.45) is 0. The lowest BCUT2D eigenvalue weighted by molar-refractivity contribution is -0.156. The molecular weight excluding hydrogens is 190 g/mol. The van der Waals surface area contributed by atoms with Crippen LogP contribution in [-0.2, 0) is 19.1 Å². The van der Waals surface area contributed by atoms with Gasteiger partial charge in [0.25, 0.3) is 0 Å². The van der Waals surface area contributed by atoms with Crippen LogP contribution in [0.15, 0.2) is 5.11 Å². The van der Waals surface area contributed by atoms with Gasteiger partial charge in [0.05, 0.1) is 13.2 Å². The topological polar surface area (TPSA) is 101 Å². The molecule has 0 radical (unpaired) electrons. The second-order valence-electron chi connectivity index (χ2n) is 2.11. The Morgan fingerprint density at radius 2 is 1.71 bits per heavy atom. The van der Waals surface area contributed by atoms with E-state index in [4.69, 9.17) is 5.53 Å². The number of hydrogen-bond donors (Lipinski definition) is 0. The van der Waals surface area contributed by atoms with Crippen LogP contribution in [0.5, 0.6) is 0 Å². The van der Waals surface area contributed by atoms with E-state index in [-0.39, 0.29) is 13.2 Å². The maximum Gasteiger partial charge on any atom is 0.326 e. The molecule has 0 bridgehead atoms. The predicted octanol–water partition coefficient (Wildman–Crippen LogP) is 0.791. The molecule has 0 aromatic rings. The summed E-state index contributed by atoms with van der Waals surface area (Å²) in [5.74, 6) is -1.80. The summed E-state index contributed by atoms with van der Waals surface area (Å²) >= 11 is 0. The number of rotatable bonds is 5. The average molecular weight is 201 g/mol. The number of carbonyl (C=O) groups excluding carboxylic acids is 2. The molecule has 0 aromatic heterocycles. The second kappa shape index (κ2) is 6.73. The van der Waals surface area contributed by atoms with Gasteiger partial charge in [-0.05, 0) is 19.4 Å². The summed E-state index contributed by atoms with van der Waals surface area (Å²) < 4.78 is 9.04. The lowest BCUT2D eigenvalue weighted by Crippen LogP contribution is -2.31. The van der Waals surface area contributed by atoms with E-state index < -0.39 is 18.0 Å². The van der Waals surface area contributed by atoms with Crippen molar-refractivity contribution in [1.29, 1.82) is 0 Å². The summed E-state index contributed by atoms with van der Waals surface area (Å²) in [4.78, 5) is 24.5. The van der Waals surface area contributed by atoms with Crippen LogP contribution in [0.4, 0.5) is 0 Å². The normalized spacial score (nSPS) is 9.07. The van der Waals surface area contributed by atoms with Crippen LogP contribution in [0.25, 0.3) is 10.4 Å². The fraction of sp³-hybridized carbons (Fsp3) is 0.714. The smallest absolute Gasteiger partial charge is 0.326 e. The summed E-state index contributed by atoms with van der Waals surface area (Å²) in [7, 11) is 0. The first-order chi connectivity index (χ1) is 6.67. The fourth-order valence-corrected chi connectivity index (χ4v) is 0.685. The van der Waals surface area contributed by atoms with Gasteiger partial charge in [0, 0.05) is 4.91 Å².